The third-order valence-electron chi connectivity index (χ3n) is 5.62. The standard InChI is InChI=1S/C19H19N5O/c1-12-18(19(25)23-11-13-7-8-14(23)10-13)21-22-24(12)17-6-2-5-16-15(17)4-3-9-20-16/h2-6,9,13-14H,7-8,10-11H2,1H3. The summed E-state index contributed by atoms with van der Waals surface area (Å²) in [6.45, 7) is 2.78. The van der Waals surface area contributed by atoms with Crippen LogP contribution in [0.1, 0.15) is 35.4 Å². The molecule has 2 aliphatic rings. The highest BCUT2D eigenvalue weighted by molar-refractivity contribution is 5.94. The Labute approximate surface area is 145 Å². The summed E-state index contributed by atoms with van der Waals surface area (Å²) in [6, 6.07) is 10.2. The number of nitrogens with zero attached hydrogens (tertiary/aromatic N) is 5. The molecule has 3 aromatic rings. The first-order valence-electron chi connectivity index (χ1n) is 8.80. The fourth-order valence-corrected chi connectivity index (χ4v) is 4.34. The Morgan fingerprint density at radius 2 is 2.12 bits per heavy atom. The van der Waals surface area contributed by atoms with Crippen molar-refractivity contribution in [2.24, 2.45) is 5.92 Å². The molecule has 1 amide bonds. The summed E-state index contributed by atoms with van der Waals surface area (Å²) in [5.74, 6) is 0.697. The molecule has 0 radical (unpaired) electrons. The van der Waals surface area contributed by atoms with Crippen LogP contribution in [-0.2, 0) is 0 Å². The van der Waals surface area contributed by atoms with E-state index in [1.54, 1.807) is 10.9 Å². The average molecular weight is 333 g/mol. The average Bonchev–Trinajstić information content (AvgIpc) is 3.36. The summed E-state index contributed by atoms with van der Waals surface area (Å²) in [6.07, 6.45) is 5.30. The molecule has 2 aromatic heterocycles. The lowest BCUT2D eigenvalue weighted by Crippen LogP contribution is -2.38. The summed E-state index contributed by atoms with van der Waals surface area (Å²) in [7, 11) is 0. The van der Waals surface area contributed by atoms with Crippen LogP contribution in [0.3, 0.4) is 0 Å². The lowest BCUT2D eigenvalue weighted by Gasteiger charge is -2.26. The number of pyridine rings is 1. The summed E-state index contributed by atoms with van der Waals surface area (Å²) in [5.41, 5.74) is 3.05. The summed E-state index contributed by atoms with van der Waals surface area (Å²) in [4.78, 5) is 19.4. The molecule has 5 rings (SSSR count). The van der Waals surface area contributed by atoms with Gasteiger partial charge in [-0.3, -0.25) is 9.78 Å². The van der Waals surface area contributed by atoms with Crippen LogP contribution in [0.15, 0.2) is 36.5 Å². The Hall–Kier alpha value is -2.76. The summed E-state index contributed by atoms with van der Waals surface area (Å²) in [5, 5.41) is 9.51. The Morgan fingerprint density at radius 3 is 2.92 bits per heavy atom. The molecule has 25 heavy (non-hydrogen) atoms. The minimum atomic E-state index is 0.0225. The number of carbonyl (C=O) groups is 1. The molecule has 2 unspecified atom stereocenters. The van der Waals surface area contributed by atoms with Gasteiger partial charge in [0, 0.05) is 24.2 Å². The Balaban J connectivity index is 1.55. The van der Waals surface area contributed by atoms with Crippen LogP contribution in [0.5, 0.6) is 0 Å². The zero-order chi connectivity index (χ0) is 17.0. The summed E-state index contributed by atoms with van der Waals surface area (Å²) < 4.78 is 1.76. The maximum absolute atomic E-state index is 13.0. The minimum Gasteiger partial charge on any atom is -0.334 e. The van der Waals surface area contributed by atoms with Gasteiger partial charge in [-0.25, -0.2) is 4.68 Å². The molecule has 126 valence electrons. The molecule has 3 heterocycles. The topological polar surface area (TPSA) is 63.9 Å². The second-order valence-electron chi connectivity index (χ2n) is 7.07. The molecule has 1 aromatic carbocycles. The highest BCUT2D eigenvalue weighted by Crippen LogP contribution is 2.38. The molecule has 1 saturated heterocycles. The van der Waals surface area contributed by atoms with Gasteiger partial charge in [0.1, 0.15) is 0 Å². The maximum Gasteiger partial charge on any atom is 0.276 e. The molecule has 6 heteroatoms. The molecule has 2 bridgehead atoms. The van der Waals surface area contributed by atoms with Crippen molar-refractivity contribution < 1.29 is 4.79 Å². The van der Waals surface area contributed by atoms with E-state index in [9.17, 15) is 4.79 Å². The van der Waals surface area contributed by atoms with Crippen LogP contribution in [0.25, 0.3) is 16.6 Å². The Kier molecular flexibility index (Phi) is 3.13. The van der Waals surface area contributed by atoms with Crippen molar-refractivity contribution in [3.05, 3.63) is 47.9 Å². The van der Waals surface area contributed by atoms with Crippen molar-refractivity contribution in [1.29, 1.82) is 0 Å². The molecule has 2 atom stereocenters. The van der Waals surface area contributed by atoms with E-state index in [4.69, 9.17) is 0 Å². The van der Waals surface area contributed by atoms with Crippen molar-refractivity contribution in [3.63, 3.8) is 0 Å². The van der Waals surface area contributed by atoms with Crippen LogP contribution in [0, 0.1) is 12.8 Å². The minimum absolute atomic E-state index is 0.0225. The highest BCUT2D eigenvalue weighted by Gasteiger charge is 2.41. The van der Waals surface area contributed by atoms with Crippen molar-refractivity contribution >= 4 is 16.8 Å². The fraction of sp³-hybridized carbons (Fsp3) is 0.368. The van der Waals surface area contributed by atoms with Gasteiger partial charge in [-0.15, -0.1) is 5.10 Å². The van der Waals surface area contributed by atoms with Gasteiger partial charge in [0.2, 0.25) is 0 Å². The van der Waals surface area contributed by atoms with Gasteiger partial charge in [-0.1, -0.05) is 11.3 Å². The number of piperidine rings is 1. The van der Waals surface area contributed by atoms with Crippen LogP contribution in [-0.4, -0.2) is 43.4 Å². The Bertz CT molecular complexity index is 974. The third-order valence-corrected chi connectivity index (χ3v) is 5.62. The van der Waals surface area contributed by atoms with E-state index >= 15 is 0 Å². The van der Waals surface area contributed by atoms with Gasteiger partial charge in [0.05, 0.1) is 16.9 Å². The van der Waals surface area contributed by atoms with E-state index in [0.29, 0.717) is 17.7 Å². The van der Waals surface area contributed by atoms with Gasteiger partial charge in [-0.05, 0) is 56.4 Å². The zero-order valence-electron chi connectivity index (χ0n) is 14.1. The maximum atomic E-state index is 13.0. The molecular weight excluding hydrogens is 314 g/mol. The van der Waals surface area contributed by atoms with E-state index in [-0.39, 0.29) is 5.91 Å². The molecule has 1 aliphatic heterocycles. The predicted molar refractivity (Wildman–Crippen MR) is 93.6 cm³/mol. The molecule has 1 aliphatic carbocycles. The van der Waals surface area contributed by atoms with E-state index in [1.807, 2.05) is 42.2 Å². The number of hydrogen-bond donors (Lipinski definition) is 0. The monoisotopic (exact) mass is 333 g/mol. The van der Waals surface area contributed by atoms with Crippen LogP contribution >= 0.6 is 0 Å². The predicted octanol–water partition coefficient (Wildman–Crippen LogP) is 2.75. The van der Waals surface area contributed by atoms with Gasteiger partial charge in [0.25, 0.3) is 5.91 Å². The van der Waals surface area contributed by atoms with Gasteiger partial charge >= 0.3 is 0 Å². The third kappa shape index (κ3) is 2.17. The molecule has 0 spiro atoms. The SMILES string of the molecule is Cc1c(C(=O)N2CC3CCC2C3)nnn1-c1cccc2ncccc12. The number of amides is 1. The number of likely N-dealkylation sites (tertiary alicyclic amines) is 1. The van der Waals surface area contributed by atoms with E-state index in [1.165, 1.54) is 6.42 Å². The van der Waals surface area contributed by atoms with Crippen molar-refractivity contribution in [2.45, 2.75) is 32.2 Å². The molecule has 6 nitrogen and oxygen atoms in total. The number of aromatic nitrogens is 4. The lowest BCUT2D eigenvalue weighted by atomic mass is 10.1. The Morgan fingerprint density at radius 1 is 1.20 bits per heavy atom. The van der Waals surface area contributed by atoms with E-state index < -0.39 is 0 Å². The van der Waals surface area contributed by atoms with Crippen molar-refractivity contribution in [3.8, 4) is 5.69 Å². The highest BCUT2D eigenvalue weighted by atomic mass is 16.2. The van der Waals surface area contributed by atoms with Crippen LogP contribution in [0.4, 0.5) is 0 Å². The van der Waals surface area contributed by atoms with Crippen molar-refractivity contribution in [2.75, 3.05) is 6.54 Å². The van der Waals surface area contributed by atoms with Crippen LogP contribution in [0.2, 0.25) is 0 Å². The number of carbonyl (C=O) groups excluding carboxylic acids is 1. The first-order chi connectivity index (χ1) is 12.2. The first kappa shape index (κ1) is 14.6. The van der Waals surface area contributed by atoms with E-state index in [2.05, 4.69) is 15.3 Å². The van der Waals surface area contributed by atoms with Gasteiger partial charge in [-0.2, -0.15) is 0 Å². The van der Waals surface area contributed by atoms with Crippen LogP contribution < -0.4 is 0 Å². The molecular formula is C19H19N5O. The molecule has 1 saturated carbocycles. The smallest absolute Gasteiger partial charge is 0.276 e. The first-order valence-corrected chi connectivity index (χ1v) is 8.80. The number of hydrogen-bond acceptors (Lipinski definition) is 4. The second kappa shape index (κ2) is 5.37. The van der Waals surface area contributed by atoms with Gasteiger partial charge in [0.15, 0.2) is 5.69 Å². The molecule has 2 fully saturated rings. The largest absolute Gasteiger partial charge is 0.334 e. The number of benzene rings is 1. The quantitative estimate of drug-likeness (QED) is 0.723. The normalized spacial score (nSPS) is 22.0. The number of fused-ring (bicyclic) bond motifs is 3. The zero-order valence-corrected chi connectivity index (χ0v) is 14.1. The second-order valence-corrected chi connectivity index (χ2v) is 7.07. The van der Waals surface area contributed by atoms with E-state index in [0.717, 1.165) is 41.7 Å². The molecule has 0 N–H and O–H groups in total. The number of rotatable bonds is 2. The summed E-state index contributed by atoms with van der Waals surface area (Å²) >= 11 is 0. The fourth-order valence-electron chi connectivity index (χ4n) is 4.34. The lowest BCUT2D eigenvalue weighted by molar-refractivity contribution is 0.0696. The van der Waals surface area contributed by atoms with Crippen molar-refractivity contribution in [1.82, 2.24) is 24.9 Å². The van der Waals surface area contributed by atoms with Gasteiger partial charge < -0.3 is 4.90 Å².